The van der Waals surface area contributed by atoms with E-state index < -0.39 is 5.91 Å². The quantitative estimate of drug-likeness (QED) is 0.464. The predicted molar refractivity (Wildman–Crippen MR) is 53.1 cm³/mol. The largest absolute Gasteiger partial charge is 0.370 e. The molecule has 0 spiro atoms. The fourth-order valence-electron chi connectivity index (χ4n) is 1.12. The van der Waals surface area contributed by atoms with E-state index in [9.17, 15) is 4.79 Å². The smallest absolute Gasteiger partial charge is 0.300 e. The second kappa shape index (κ2) is 3.37. The lowest BCUT2D eigenvalue weighted by Gasteiger charge is -1.88. The monoisotopic (exact) mass is 204 g/mol. The topological polar surface area (TPSA) is 112 Å². The van der Waals surface area contributed by atoms with E-state index in [0.717, 1.165) is 0 Å². The predicted octanol–water partition coefficient (Wildman–Crippen LogP) is -0.857. The number of imidazole rings is 1. The summed E-state index contributed by atoms with van der Waals surface area (Å²) in [5, 5.41) is 0. The first-order chi connectivity index (χ1) is 7.16. The van der Waals surface area contributed by atoms with Crippen LogP contribution in [0.3, 0.4) is 0 Å². The Bertz CT molecular complexity index is 506. The van der Waals surface area contributed by atoms with Gasteiger partial charge >= 0.3 is 0 Å². The number of aromatic nitrogens is 3. The van der Waals surface area contributed by atoms with E-state index in [2.05, 4.69) is 15.0 Å². The SMILES string of the molecule is NC(N)=NC(=O)c1cn2ccncc2n1. The Labute approximate surface area is 84.5 Å². The van der Waals surface area contributed by atoms with Gasteiger partial charge in [0.2, 0.25) is 0 Å². The first-order valence-electron chi connectivity index (χ1n) is 4.09. The first-order valence-corrected chi connectivity index (χ1v) is 4.09. The van der Waals surface area contributed by atoms with Crippen molar-refractivity contribution >= 4 is 17.5 Å². The van der Waals surface area contributed by atoms with E-state index >= 15 is 0 Å². The molecule has 4 N–H and O–H groups in total. The molecule has 2 rings (SSSR count). The molecule has 15 heavy (non-hydrogen) atoms. The highest BCUT2D eigenvalue weighted by molar-refractivity contribution is 6.00. The number of carbonyl (C=O) groups is 1. The van der Waals surface area contributed by atoms with Crippen molar-refractivity contribution in [2.75, 3.05) is 0 Å². The maximum atomic E-state index is 11.4. The van der Waals surface area contributed by atoms with Gasteiger partial charge in [-0.2, -0.15) is 4.99 Å². The second-order valence-corrected chi connectivity index (χ2v) is 2.81. The molecule has 0 aliphatic heterocycles. The summed E-state index contributed by atoms with van der Waals surface area (Å²) < 4.78 is 1.66. The molecule has 0 fully saturated rings. The summed E-state index contributed by atoms with van der Waals surface area (Å²) in [4.78, 5) is 22.6. The zero-order valence-electron chi connectivity index (χ0n) is 7.66. The molecule has 1 amide bonds. The van der Waals surface area contributed by atoms with Crippen molar-refractivity contribution in [2.24, 2.45) is 16.5 Å². The standard InChI is InChI=1S/C8H8N6O/c9-8(10)13-7(15)5-4-14-2-1-11-3-6(14)12-5/h1-4H,(H4,9,10,13,15). The summed E-state index contributed by atoms with van der Waals surface area (Å²) in [6.07, 6.45) is 6.33. The molecular formula is C8H8N6O. The number of fused-ring (bicyclic) bond motifs is 1. The molecule has 0 aromatic carbocycles. The van der Waals surface area contributed by atoms with Crippen molar-refractivity contribution in [1.82, 2.24) is 14.4 Å². The molecule has 0 atom stereocenters. The Balaban J connectivity index is 2.45. The number of amides is 1. The van der Waals surface area contributed by atoms with Crippen molar-refractivity contribution in [3.05, 3.63) is 30.5 Å². The molecule has 0 saturated carbocycles. The Morgan fingerprint density at radius 2 is 2.27 bits per heavy atom. The number of carbonyl (C=O) groups excluding carboxylic acids is 1. The van der Waals surface area contributed by atoms with Crippen LogP contribution in [0.2, 0.25) is 0 Å². The Morgan fingerprint density at radius 1 is 1.47 bits per heavy atom. The summed E-state index contributed by atoms with van der Waals surface area (Å²) in [5.41, 5.74) is 10.9. The van der Waals surface area contributed by atoms with Gasteiger partial charge in [0.15, 0.2) is 11.6 Å². The average Bonchev–Trinajstić information content (AvgIpc) is 2.59. The minimum absolute atomic E-state index is 0.177. The van der Waals surface area contributed by atoms with Crippen molar-refractivity contribution in [3.63, 3.8) is 0 Å². The van der Waals surface area contributed by atoms with Crippen LogP contribution in [0.5, 0.6) is 0 Å². The van der Waals surface area contributed by atoms with E-state index in [1.807, 2.05) is 0 Å². The summed E-state index contributed by atoms with van der Waals surface area (Å²) in [6.45, 7) is 0. The Hall–Kier alpha value is -2.44. The molecule has 7 nitrogen and oxygen atoms in total. The van der Waals surface area contributed by atoms with Crippen LogP contribution in [0.25, 0.3) is 5.65 Å². The van der Waals surface area contributed by atoms with Gasteiger partial charge in [-0.3, -0.25) is 9.78 Å². The maximum absolute atomic E-state index is 11.4. The normalized spacial score (nSPS) is 10.1. The molecule has 2 aromatic heterocycles. The van der Waals surface area contributed by atoms with Gasteiger partial charge in [0.25, 0.3) is 5.91 Å². The van der Waals surface area contributed by atoms with Crippen molar-refractivity contribution in [3.8, 4) is 0 Å². The number of nitrogens with two attached hydrogens (primary N) is 2. The van der Waals surface area contributed by atoms with Crippen LogP contribution in [0.4, 0.5) is 0 Å². The van der Waals surface area contributed by atoms with Gasteiger partial charge in [0, 0.05) is 18.6 Å². The molecule has 76 valence electrons. The van der Waals surface area contributed by atoms with Gasteiger partial charge in [-0.25, -0.2) is 4.98 Å². The van der Waals surface area contributed by atoms with Crippen LogP contribution >= 0.6 is 0 Å². The highest BCUT2D eigenvalue weighted by Gasteiger charge is 2.09. The zero-order valence-corrected chi connectivity index (χ0v) is 7.66. The molecule has 2 aromatic rings. The van der Waals surface area contributed by atoms with E-state index in [1.54, 1.807) is 16.8 Å². The van der Waals surface area contributed by atoms with E-state index in [4.69, 9.17) is 11.5 Å². The van der Waals surface area contributed by atoms with Crippen molar-refractivity contribution in [1.29, 1.82) is 0 Å². The molecule has 7 heteroatoms. The molecule has 0 bridgehead atoms. The molecule has 0 saturated heterocycles. The number of guanidine groups is 1. The third-order valence-electron chi connectivity index (χ3n) is 1.71. The summed E-state index contributed by atoms with van der Waals surface area (Å²) in [6, 6.07) is 0. The molecule has 0 unspecified atom stereocenters. The minimum atomic E-state index is -0.571. The molecular weight excluding hydrogens is 196 g/mol. The molecule has 0 aliphatic rings. The van der Waals surface area contributed by atoms with Gasteiger partial charge in [0.05, 0.1) is 6.20 Å². The van der Waals surface area contributed by atoms with Crippen LogP contribution in [0.15, 0.2) is 29.8 Å². The highest BCUT2D eigenvalue weighted by Crippen LogP contribution is 2.03. The van der Waals surface area contributed by atoms with Gasteiger partial charge in [0.1, 0.15) is 5.69 Å². The molecule has 2 heterocycles. The van der Waals surface area contributed by atoms with Gasteiger partial charge in [-0.1, -0.05) is 0 Å². The maximum Gasteiger partial charge on any atom is 0.300 e. The van der Waals surface area contributed by atoms with Gasteiger partial charge in [-0.05, 0) is 0 Å². The number of rotatable bonds is 1. The fourth-order valence-corrected chi connectivity index (χ4v) is 1.12. The summed E-state index contributed by atoms with van der Waals surface area (Å²) in [7, 11) is 0. The van der Waals surface area contributed by atoms with E-state index in [1.165, 1.54) is 12.4 Å². The van der Waals surface area contributed by atoms with Crippen LogP contribution in [-0.2, 0) is 0 Å². The van der Waals surface area contributed by atoms with Crippen LogP contribution in [0.1, 0.15) is 10.5 Å². The van der Waals surface area contributed by atoms with Crippen LogP contribution in [0, 0.1) is 0 Å². The summed E-state index contributed by atoms with van der Waals surface area (Å²) >= 11 is 0. The van der Waals surface area contributed by atoms with Crippen LogP contribution in [-0.4, -0.2) is 26.2 Å². The molecule has 0 radical (unpaired) electrons. The third-order valence-corrected chi connectivity index (χ3v) is 1.71. The number of hydrogen-bond acceptors (Lipinski definition) is 3. The average molecular weight is 204 g/mol. The fraction of sp³-hybridized carbons (Fsp3) is 0. The number of aliphatic imine (C=N–C) groups is 1. The lowest BCUT2D eigenvalue weighted by Crippen LogP contribution is -2.24. The van der Waals surface area contributed by atoms with Gasteiger partial charge < -0.3 is 15.9 Å². The van der Waals surface area contributed by atoms with Crippen molar-refractivity contribution in [2.45, 2.75) is 0 Å². The van der Waals surface area contributed by atoms with Crippen molar-refractivity contribution < 1.29 is 4.79 Å². The number of hydrogen-bond donors (Lipinski definition) is 2. The first kappa shape index (κ1) is 9.13. The summed E-state index contributed by atoms with van der Waals surface area (Å²) in [5.74, 6) is -0.853. The zero-order chi connectivity index (χ0) is 10.8. The number of nitrogens with zero attached hydrogens (tertiary/aromatic N) is 4. The van der Waals surface area contributed by atoms with Crippen LogP contribution < -0.4 is 11.5 Å². The molecule has 0 aliphatic carbocycles. The Kier molecular flexibility index (Phi) is 2.05. The second-order valence-electron chi connectivity index (χ2n) is 2.81. The lowest BCUT2D eigenvalue weighted by molar-refractivity contribution is 0.0998. The highest BCUT2D eigenvalue weighted by atomic mass is 16.1. The third kappa shape index (κ3) is 1.75. The van der Waals surface area contributed by atoms with Gasteiger partial charge in [-0.15, -0.1) is 0 Å². The Morgan fingerprint density at radius 3 is 2.93 bits per heavy atom. The lowest BCUT2D eigenvalue weighted by atomic mass is 10.4. The van der Waals surface area contributed by atoms with E-state index in [-0.39, 0.29) is 11.7 Å². The minimum Gasteiger partial charge on any atom is -0.370 e. The van der Waals surface area contributed by atoms with E-state index in [0.29, 0.717) is 5.65 Å².